The Balaban J connectivity index is 0.784. The average molecular weight is 941 g/mol. The van der Waals surface area contributed by atoms with Gasteiger partial charge in [-0.2, -0.15) is 0 Å². The smallest absolute Gasteiger partial charge is 0.201 e. The van der Waals surface area contributed by atoms with Crippen molar-refractivity contribution >= 4 is 5.78 Å². The lowest BCUT2D eigenvalue weighted by molar-refractivity contribution is -0.336. The summed E-state index contributed by atoms with van der Waals surface area (Å²) in [7, 11) is 1.80. The molecule has 0 bridgehead atoms. The molecule has 1 aromatic heterocycles. The number of fused-ring (bicyclic) bond motifs is 13. The minimum absolute atomic E-state index is 0.0464. The fourth-order valence-corrected chi connectivity index (χ4v) is 19.7. The summed E-state index contributed by atoms with van der Waals surface area (Å²) in [6.07, 6.45) is 9.53. The Morgan fingerprint density at radius 3 is 2.19 bits per heavy atom. The molecule has 1 aromatic rings. The molecule has 22 atom stereocenters. The number of Topliss-reactive ketones (excluding diaryl/α,β-unsaturated/α-hetero) is 1. The highest BCUT2D eigenvalue weighted by Crippen LogP contribution is 2.73. The standard InChI is InChI=1S/C55H76N2O11/c1-26-32-14-15-33-30-12-10-28-16-37-39(21-49(28,6)34(30)18-41(60)52(32,33)25-65-54(26)42(61)22-47(3,4)67-54)56-38-17-29-11-13-31-35(50(29,7)46(64-9)45(38)57-37)19-40(59)51(8)36(31)20-44-53(51,63)27(2)55(66-44)43(62)23-48(5,24-58)68-55/h15,20,26-32,34-35,40,42-44,46,58-59,61-63H,10-14,16-19,21-25H2,1-9H3/t26-,27-,28-,29-,30-,31+,32+,34-,35-,40+,42+,43+,44-,46-,48-,49-,50-,51+,52+,53+,54+,55-/m0/s1. The predicted molar refractivity (Wildman–Crippen MR) is 246 cm³/mol. The van der Waals surface area contributed by atoms with E-state index in [0.717, 1.165) is 79.7 Å². The molecule has 13 rings (SSSR count). The second-order valence-corrected chi connectivity index (χ2v) is 26.3. The molecule has 8 aliphatic carbocycles. The Morgan fingerprint density at radius 2 is 1.50 bits per heavy atom. The van der Waals surface area contributed by atoms with Gasteiger partial charge in [0.2, 0.25) is 5.79 Å². The largest absolute Gasteiger partial charge is 0.393 e. The van der Waals surface area contributed by atoms with Gasteiger partial charge in [0.25, 0.3) is 0 Å². The SMILES string of the molecule is CO[C@H]1c2nc3c(nc2C[C@@H]2CC[C@H]4C5=C[C@@H]6O[C@]7(O[C@](C)(CO)C[C@H]7O)[C@@H](C)[C@]6(O)[C@@]5(C)[C@H](O)C[C@@H]4[C@]21C)C[C@@]1(C)[C@@H](CC[C@H]2C4=CC[C@@H]5[C@H](C)[C@@]6(OC[C@]45C(=O)C[C@@H]21)OC(C)(C)C[C@H]6O)C3. The second kappa shape index (κ2) is 13.9. The second-order valence-electron chi connectivity index (χ2n) is 26.3. The van der Waals surface area contributed by atoms with Crippen LogP contribution in [-0.2, 0) is 47.7 Å². The van der Waals surface area contributed by atoms with Gasteiger partial charge < -0.3 is 49.2 Å². The van der Waals surface area contributed by atoms with Crippen LogP contribution in [0.5, 0.6) is 0 Å². The summed E-state index contributed by atoms with van der Waals surface area (Å²) in [4.78, 5) is 26.2. The molecule has 5 heterocycles. The molecular weight excluding hydrogens is 865 g/mol. The lowest BCUT2D eigenvalue weighted by Gasteiger charge is -2.63. The van der Waals surface area contributed by atoms with Crippen molar-refractivity contribution in [1.82, 2.24) is 9.97 Å². The van der Waals surface area contributed by atoms with E-state index in [1.165, 1.54) is 5.57 Å². The fourth-order valence-electron chi connectivity index (χ4n) is 19.7. The van der Waals surface area contributed by atoms with E-state index in [-0.39, 0.29) is 72.1 Å². The molecule has 13 nitrogen and oxygen atoms in total. The zero-order chi connectivity index (χ0) is 47.9. The number of allylic oxidation sites excluding steroid dienone is 1. The first-order valence-electron chi connectivity index (χ1n) is 26.5. The molecule has 3 spiro atoms. The van der Waals surface area contributed by atoms with Crippen LogP contribution in [0.3, 0.4) is 0 Å². The number of ketones is 1. The normalized spacial score (nSPS) is 56.6. The number of carbonyl (C=O) groups excluding carboxylic acids is 1. The van der Waals surface area contributed by atoms with E-state index in [1.807, 2.05) is 27.7 Å². The number of hydrogen-bond acceptors (Lipinski definition) is 13. The molecule has 4 aliphatic heterocycles. The van der Waals surface area contributed by atoms with Crippen LogP contribution >= 0.6 is 0 Å². The number of nitrogens with zero attached hydrogens (tertiary/aromatic N) is 2. The molecule has 8 fully saturated rings. The molecule has 0 radical (unpaired) electrons. The van der Waals surface area contributed by atoms with Gasteiger partial charge in [0.1, 0.15) is 35.8 Å². The third-order valence-electron chi connectivity index (χ3n) is 23.2. The molecule has 4 saturated heterocycles. The number of rotatable bonds is 2. The van der Waals surface area contributed by atoms with Crippen LogP contribution in [0.1, 0.15) is 142 Å². The van der Waals surface area contributed by atoms with Crippen molar-refractivity contribution in [1.29, 1.82) is 0 Å². The number of ether oxygens (including phenoxy) is 5. The highest BCUT2D eigenvalue weighted by atomic mass is 16.7. The number of hydrogen-bond donors (Lipinski definition) is 5. The Hall–Kier alpha value is -2.17. The molecule has 0 aromatic carbocycles. The van der Waals surface area contributed by atoms with Crippen molar-refractivity contribution in [2.45, 2.75) is 191 Å². The third kappa shape index (κ3) is 5.12. The van der Waals surface area contributed by atoms with Gasteiger partial charge in [0.15, 0.2) is 5.79 Å². The number of aliphatic hydroxyl groups is 5. The van der Waals surface area contributed by atoms with E-state index in [2.05, 4.69) is 32.9 Å². The van der Waals surface area contributed by atoms with E-state index in [4.69, 9.17) is 33.7 Å². The Bertz CT molecular complexity index is 2440. The van der Waals surface area contributed by atoms with Crippen LogP contribution in [0.25, 0.3) is 0 Å². The van der Waals surface area contributed by atoms with Crippen molar-refractivity contribution in [3.8, 4) is 0 Å². The minimum Gasteiger partial charge on any atom is -0.393 e. The summed E-state index contributed by atoms with van der Waals surface area (Å²) in [6.45, 7) is 16.6. The topological polar surface area (TPSA) is 190 Å². The van der Waals surface area contributed by atoms with E-state index >= 15 is 0 Å². The number of aliphatic hydroxyl groups excluding tert-OH is 4. The van der Waals surface area contributed by atoms with Gasteiger partial charge in [-0.1, -0.05) is 57.9 Å². The third-order valence-corrected chi connectivity index (χ3v) is 23.2. The van der Waals surface area contributed by atoms with E-state index < -0.39 is 69.5 Å². The number of carbonyl (C=O) groups is 1. The molecule has 68 heavy (non-hydrogen) atoms. The Morgan fingerprint density at radius 1 is 0.794 bits per heavy atom. The monoisotopic (exact) mass is 941 g/mol. The van der Waals surface area contributed by atoms with Crippen LogP contribution in [0.15, 0.2) is 23.3 Å². The van der Waals surface area contributed by atoms with Gasteiger partial charge in [0.05, 0.1) is 58.7 Å². The van der Waals surface area contributed by atoms with Gasteiger partial charge in [-0.05, 0) is 125 Å². The van der Waals surface area contributed by atoms with Crippen molar-refractivity contribution in [3.63, 3.8) is 0 Å². The zero-order valence-electron chi connectivity index (χ0n) is 41.7. The quantitative estimate of drug-likeness (QED) is 0.229. The first kappa shape index (κ1) is 45.7. The maximum Gasteiger partial charge on any atom is 0.201 e. The average Bonchev–Trinajstić information content (AvgIpc) is 4.01. The van der Waals surface area contributed by atoms with Crippen molar-refractivity contribution in [2.75, 3.05) is 20.3 Å². The van der Waals surface area contributed by atoms with Crippen LogP contribution in [0.4, 0.5) is 0 Å². The first-order valence-corrected chi connectivity index (χ1v) is 26.5. The minimum atomic E-state index is -1.54. The summed E-state index contributed by atoms with van der Waals surface area (Å²) in [5, 5.41) is 58.6. The van der Waals surface area contributed by atoms with Crippen molar-refractivity contribution in [2.24, 2.45) is 74.9 Å². The van der Waals surface area contributed by atoms with Gasteiger partial charge in [-0.3, -0.25) is 14.8 Å². The van der Waals surface area contributed by atoms with Crippen LogP contribution < -0.4 is 0 Å². The Kier molecular flexibility index (Phi) is 9.34. The fraction of sp³-hybridized carbons (Fsp3) is 0.836. The van der Waals surface area contributed by atoms with Gasteiger partial charge in [-0.15, -0.1) is 0 Å². The molecule has 0 amide bonds. The van der Waals surface area contributed by atoms with E-state index in [0.29, 0.717) is 36.9 Å². The van der Waals surface area contributed by atoms with Crippen molar-refractivity contribution in [3.05, 3.63) is 46.1 Å². The summed E-state index contributed by atoms with van der Waals surface area (Å²) < 4.78 is 33.0. The molecule has 13 heteroatoms. The van der Waals surface area contributed by atoms with Crippen LogP contribution in [-0.4, -0.2) is 114 Å². The highest BCUT2D eigenvalue weighted by molar-refractivity contribution is 5.91. The summed E-state index contributed by atoms with van der Waals surface area (Å²) in [5.41, 5.74) is 1.23. The van der Waals surface area contributed by atoms with Gasteiger partial charge in [0, 0.05) is 49.0 Å². The molecule has 372 valence electrons. The number of methoxy groups -OCH3 is 1. The lowest BCUT2D eigenvalue weighted by Crippen LogP contribution is -2.65. The molecular formula is C55H76N2O11. The van der Waals surface area contributed by atoms with E-state index in [1.54, 1.807) is 14.0 Å². The highest BCUT2D eigenvalue weighted by Gasteiger charge is 2.79. The molecule has 0 unspecified atom stereocenters. The predicted octanol–water partition coefficient (Wildman–Crippen LogP) is 5.65. The zero-order valence-corrected chi connectivity index (χ0v) is 41.7. The Labute approximate surface area is 401 Å². The lowest BCUT2D eigenvalue weighted by atomic mass is 9.43. The first-order chi connectivity index (χ1) is 32.0. The molecule has 4 saturated carbocycles. The van der Waals surface area contributed by atoms with Gasteiger partial charge >= 0.3 is 0 Å². The number of aromatic nitrogens is 2. The molecule has 12 aliphatic rings. The summed E-state index contributed by atoms with van der Waals surface area (Å²) in [6, 6.07) is 0. The van der Waals surface area contributed by atoms with Crippen LogP contribution in [0.2, 0.25) is 0 Å². The molecule has 5 N–H and O–H groups in total. The maximum atomic E-state index is 15.0. The van der Waals surface area contributed by atoms with Crippen molar-refractivity contribution < 1.29 is 54.0 Å². The maximum absolute atomic E-state index is 15.0. The van der Waals surface area contributed by atoms with E-state index in [9.17, 15) is 30.3 Å². The summed E-state index contributed by atoms with van der Waals surface area (Å²) >= 11 is 0. The van der Waals surface area contributed by atoms with Gasteiger partial charge in [-0.25, -0.2) is 0 Å². The van der Waals surface area contributed by atoms with Crippen LogP contribution in [0, 0.1) is 74.9 Å². The summed E-state index contributed by atoms with van der Waals surface area (Å²) in [5.74, 6) is -1.79.